The zero-order valence-electron chi connectivity index (χ0n) is 9.27. The van der Waals surface area contributed by atoms with Crippen LogP contribution in [0.15, 0.2) is 0 Å². The number of rotatable bonds is 2. The van der Waals surface area contributed by atoms with E-state index in [1.807, 2.05) is 0 Å². The third kappa shape index (κ3) is 2.00. The minimum atomic E-state index is -2.48. The third-order valence-corrected chi connectivity index (χ3v) is 2.98. The topological polar surface area (TPSA) is 143 Å². The second-order valence-electron chi connectivity index (χ2n) is 3.17. The summed E-state index contributed by atoms with van der Waals surface area (Å²) in [6, 6.07) is 8.14. The molecule has 0 aliphatic heterocycles. The van der Waals surface area contributed by atoms with Crippen LogP contribution in [0.25, 0.3) is 0 Å². The molecule has 0 saturated heterocycles. The first-order valence-corrected chi connectivity index (χ1v) is 4.41. The van der Waals surface area contributed by atoms with Crippen LogP contribution in [0.2, 0.25) is 0 Å². The molecule has 0 aromatic rings. The van der Waals surface area contributed by atoms with E-state index in [1.165, 1.54) is 36.4 Å². The molecule has 0 rings (SSSR count). The molecule has 0 N–H and O–H groups in total. The summed E-state index contributed by atoms with van der Waals surface area (Å²) in [7, 11) is 0. The Balaban J connectivity index is 0. The van der Waals surface area contributed by atoms with Crippen molar-refractivity contribution < 1.29 is 19.5 Å². The van der Waals surface area contributed by atoms with Crippen molar-refractivity contribution in [2.24, 2.45) is 10.8 Å². The molecular weight excluding hydrogens is 305 g/mol. The van der Waals surface area contributed by atoms with E-state index in [2.05, 4.69) is 0 Å². The van der Waals surface area contributed by atoms with Crippen LogP contribution in [0.1, 0.15) is 6.92 Å². The number of alkyl halides is 1. The normalized spacial score (nSPS) is 10.0. The molecule has 0 unspecified atom stereocenters. The summed E-state index contributed by atoms with van der Waals surface area (Å²) in [4.78, 5) is -2.27. The van der Waals surface area contributed by atoms with E-state index in [-0.39, 0.29) is 19.5 Å². The maximum Gasteiger partial charge on any atom is 0.250 e. The standard InChI is InChI=1S/C10H3ClN6.Zn/c1-8(11,9(2-12,3-13)4-14)10(5-15,6-16)7-17;/h1H3;. The summed E-state index contributed by atoms with van der Waals surface area (Å²) < 4.78 is 0. The molecule has 6 nitrogen and oxygen atoms in total. The van der Waals surface area contributed by atoms with Crippen LogP contribution in [0.4, 0.5) is 0 Å². The largest absolute Gasteiger partial charge is 0.250 e. The molecule has 82 valence electrons. The Kier molecular flexibility index (Phi) is 6.04. The van der Waals surface area contributed by atoms with Crippen molar-refractivity contribution in [2.75, 3.05) is 0 Å². The van der Waals surface area contributed by atoms with Gasteiger partial charge in [-0.2, -0.15) is 31.6 Å². The molecule has 0 fully saturated rings. The predicted octanol–water partition coefficient (Wildman–Crippen LogP) is 1.10. The van der Waals surface area contributed by atoms with Crippen molar-refractivity contribution >= 4 is 11.6 Å². The summed E-state index contributed by atoms with van der Waals surface area (Å²) in [6.45, 7) is 0.972. The maximum absolute atomic E-state index is 8.85. The Bertz CT molecular complexity index is 459. The molecule has 18 heavy (non-hydrogen) atoms. The molecule has 0 aromatic heterocycles. The first kappa shape index (κ1) is 18.2. The average molecular weight is 308 g/mol. The zero-order chi connectivity index (χ0) is 13.7. The van der Waals surface area contributed by atoms with E-state index in [1.54, 1.807) is 0 Å². The van der Waals surface area contributed by atoms with Gasteiger partial charge in [0.05, 0.1) is 0 Å². The van der Waals surface area contributed by atoms with Gasteiger partial charge >= 0.3 is 0 Å². The molecule has 8 heteroatoms. The van der Waals surface area contributed by atoms with Crippen LogP contribution < -0.4 is 0 Å². The van der Waals surface area contributed by atoms with E-state index in [0.29, 0.717) is 0 Å². The molecular formula is C10H3ClN6Zn. The van der Waals surface area contributed by atoms with Gasteiger partial charge in [-0.1, -0.05) is 0 Å². The summed E-state index contributed by atoms with van der Waals surface area (Å²) in [6.07, 6.45) is 0. The number of halogens is 1. The van der Waals surface area contributed by atoms with Gasteiger partial charge in [0.1, 0.15) is 41.3 Å². The number of nitriles is 6. The summed E-state index contributed by atoms with van der Waals surface area (Å²) in [5, 5.41) is 53.1. The monoisotopic (exact) mass is 306 g/mol. The van der Waals surface area contributed by atoms with Crippen molar-refractivity contribution in [1.29, 1.82) is 31.6 Å². The Hall–Kier alpha value is -2.15. The van der Waals surface area contributed by atoms with Crippen LogP contribution in [-0.2, 0) is 19.5 Å². The van der Waals surface area contributed by atoms with Crippen molar-refractivity contribution in [3.8, 4) is 36.4 Å². The van der Waals surface area contributed by atoms with Crippen molar-refractivity contribution in [3.05, 3.63) is 0 Å². The number of hydrogen-bond donors (Lipinski definition) is 0. The Morgan fingerprint density at radius 2 is 0.833 bits per heavy atom. The minimum Gasteiger partial charge on any atom is -0.195 e. The van der Waals surface area contributed by atoms with Crippen LogP contribution in [0.5, 0.6) is 0 Å². The Morgan fingerprint density at radius 1 is 0.667 bits per heavy atom. The van der Waals surface area contributed by atoms with E-state index < -0.39 is 15.7 Å². The van der Waals surface area contributed by atoms with Gasteiger partial charge in [-0.25, -0.2) is 0 Å². The summed E-state index contributed by atoms with van der Waals surface area (Å²) in [5.74, 6) is 0. The average Bonchev–Trinajstić information content (AvgIpc) is 2.34. The van der Waals surface area contributed by atoms with Gasteiger partial charge < -0.3 is 0 Å². The molecule has 0 spiro atoms. The molecule has 0 amide bonds. The number of nitrogens with zero attached hydrogens (tertiary/aromatic N) is 6. The third-order valence-electron chi connectivity index (χ3n) is 2.41. The fraction of sp³-hybridized carbons (Fsp3) is 0.400. The molecule has 0 aromatic carbocycles. The zero-order valence-corrected chi connectivity index (χ0v) is 13.0. The predicted molar refractivity (Wildman–Crippen MR) is 52.8 cm³/mol. The fourth-order valence-electron chi connectivity index (χ4n) is 1.06. The second kappa shape index (κ2) is 5.97. The van der Waals surface area contributed by atoms with E-state index >= 15 is 0 Å². The molecule has 0 bridgehead atoms. The summed E-state index contributed by atoms with van der Waals surface area (Å²) in [5.41, 5.74) is -4.95. The molecule has 0 aliphatic carbocycles. The van der Waals surface area contributed by atoms with Crippen LogP contribution in [0.3, 0.4) is 0 Å². The molecule has 0 radical (unpaired) electrons. The van der Waals surface area contributed by atoms with Crippen molar-refractivity contribution in [2.45, 2.75) is 11.8 Å². The van der Waals surface area contributed by atoms with E-state index in [4.69, 9.17) is 43.2 Å². The second-order valence-corrected chi connectivity index (χ2v) is 3.93. The summed E-state index contributed by atoms with van der Waals surface area (Å²) >= 11 is 5.85. The molecule has 0 aliphatic rings. The fourth-order valence-corrected chi connectivity index (χ4v) is 1.31. The van der Waals surface area contributed by atoms with Gasteiger partial charge in [0, 0.05) is 19.5 Å². The first-order valence-electron chi connectivity index (χ1n) is 4.03. The number of hydrogen-bond acceptors (Lipinski definition) is 6. The molecule has 0 heterocycles. The van der Waals surface area contributed by atoms with Crippen molar-refractivity contribution in [1.82, 2.24) is 0 Å². The van der Waals surface area contributed by atoms with Crippen molar-refractivity contribution in [3.63, 3.8) is 0 Å². The SMILES string of the molecule is CC(Cl)(C(C#N)(C#N)C#N)C(C#N)(C#N)C#N.[Zn]. The van der Waals surface area contributed by atoms with Crippen LogP contribution in [0, 0.1) is 78.8 Å². The van der Waals surface area contributed by atoms with E-state index in [9.17, 15) is 0 Å². The maximum atomic E-state index is 8.85. The van der Waals surface area contributed by atoms with Gasteiger partial charge in [-0.05, 0) is 6.92 Å². The van der Waals surface area contributed by atoms with Crippen LogP contribution in [-0.4, -0.2) is 4.87 Å². The molecule has 0 saturated carbocycles. The van der Waals surface area contributed by atoms with Gasteiger partial charge in [0.25, 0.3) is 10.8 Å². The quantitative estimate of drug-likeness (QED) is 0.552. The minimum absolute atomic E-state index is 0. The van der Waals surface area contributed by atoms with Gasteiger partial charge in [-0.15, -0.1) is 11.6 Å². The molecule has 0 atom stereocenters. The van der Waals surface area contributed by atoms with Crippen LogP contribution >= 0.6 is 11.6 Å². The van der Waals surface area contributed by atoms with Gasteiger partial charge in [0.2, 0.25) is 0 Å². The smallest absolute Gasteiger partial charge is 0.195 e. The first-order chi connectivity index (χ1) is 7.86. The van der Waals surface area contributed by atoms with Gasteiger partial charge in [0.15, 0.2) is 0 Å². The van der Waals surface area contributed by atoms with Gasteiger partial charge in [-0.3, -0.25) is 0 Å². The Morgan fingerprint density at radius 3 is 0.944 bits per heavy atom. The van der Waals surface area contributed by atoms with E-state index in [0.717, 1.165) is 6.92 Å². The Labute approximate surface area is 122 Å².